The Bertz CT molecular complexity index is 5860. The Morgan fingerprint density at radius 3 is 0.597 bits per heavy atom. The van der Waals surface area contributed by atoms with Crippen LogP contribution in [0.2, 0.25) is 0 Å². The SMILES string of the molecule is Cc1cc(C)c(-c2c3nc(c(-c4ccc(C(C)(C)C)cc4)c4ccc([n-]4)c([C]4[CH][CH][CH][CH]4)c4nc(c(-c5ccc(C(C)(C)C)cc5)c5ccc2[n-]5)C=C4)C=C3)c(C)c1.Cc1cc(C)c(-c2c3nc(c(-c4ccc(C(C)(C)C)cc4)c4ccc([n-]4)c([C]4[CH][CH][CH][CH]4)c4nc(c(-c5ccc(C(C)(C)C)cc5)c5ccc2[n-]5)C=C4)C=C3)c(C)c1.[Fe+2].[Zn+2].[Zn+2]. The maximum atomic E-state index is 5.51. The van der Waals surface area contributed by atoms with E-state index in [0.29, 0.717) is 0 Å². The summed E-state index contributed by atoms with van der Waals surface area (Å²) in [4.78, 5) is 43.8. The molecule has 0 N–H and O–H groups in total. The van der Waals surface area contributed by atoms with Crippen molar-refractivity contribution in [1.82, 2.24) is 39.9 Å². The molecule has 6 aromatic heterocycles. The summed E-state index contributed by atoms with van der Waals surface area (Å²) < 4.78 is 0. The topological polar surface area (TPSA) is 108 Å². The van der Waals surface area contributed by atoms with E-state index in [1.165, 1.54) is 55.6 Å². The van der Waals surface area contributed by atoms with Crippen molar-refractivity contribution in [3.8, 4) is 66.8 Å². The second kappa shape index (κ2) is 33.7. The fourth-order valence-electron chi connectivity index (χ4n) is 17.2. The van der Waals surface area contributed by atoms with Crippen molar-refractivity contribution in [3.05, 3.63) is 345 Å². The van der Waals surface area contributed by atoms with Crippen LogP contribution in [0.5, 0.6) is 0 Å². The van der Waals surface area contributed by atoms with Gasteiger partial charge in [0.2, 0.25) is 0 Å². The molecule has 6 aromatic carbocycles. The summed E-state index contributed by atoms with van der Waals surface area (Å²) in [6, 6.07) is 61.9. The first-order valence-corrected chi connectivity index (χ1v) is 40.6. The number of rotatable bonds is 8. The van der Waals surface area contributed by atoms with Gasteiger partial charge in [0.15, 0.2) is 0 Å². The molecule has 16 bridgehead atoms. The summed E-state index contributed by atoms with van der Waals surface area (Å²) in [6.07, 6.45) is 34.0. The molecular weight excluding hydrogens is 1600 g/mol. The summed E-state index contributed by atoms with van der Waals surface area (Å²) in [5, 5.41) is 0. The third-order valence-corrected chi connectivity index (χ3v) is 23.1. The molecule has 2 fully saturated rings. The van der Waals surface area contributed by atoms with Crippen molar-refractivity contribution < 1.29 is 56.0 Å². The molecule has 119 heavy (non-hydrogen) atoms. The number of fused-ring (bicyclic) bond motifs is 16. The second-order valence-corrected chi connectivity index (χ2v) is 35.9. The van der Waals surface area contributed by atoms with E-state index in [1.54, 1.807) is 0 Å². The Hall–Kier alpha value is -9.71. The van der Waals surface area contributed by atoms with Gasteiger partial charge in [-0.3, -0.25) is 0 Å². The van der Waals surface area contributed by atoms with Gasteiger partial charge in [-0.05, 0) is 286 Å². The van der Waals surface area contributed by atoms with E-state index < -0.39 is 0 Å². The Labute approximate surface area is 741 Å². The Balaban J connectivity index is 0.000000190. The molecule has 4 aliphatic heterocycles. The van der Waals surface area contributed by atoms with Crippen LogP contribution in [0.3, 0.4) is 0 Å². The molecule has 0 amide bonds. The van der Waals surface area contributed by atoms with Gasteiger partial charge in [0.05, 0.1) is 45.6 Å². The van der Waals surface area contributed by atoms with E-state index in [1.807, 2.05) is 0 Å². The van der Waals surface area contributed by atoms with Crippen molar-refractivity contribution in [2.45, 2.75) is 146 Å². The smallest absolute Gasteiger partial charge is 0.657 e. The first-order valence-electron chi connectivity index (χ1n) is 40.6. The molecule has 0 unspecified atom stereocenters. The van der Waals surface area contributed by atoms with Gasteiger partial charge in [0, 0.05) is 11.8 Å². The van der Waals surface area contributed by atoms with E-state index in [4.69, 9.17) is 39.9 Å². The molecule has 2 saturated carbocycles. The zero-order valence-electron chi connectivity index (χ0n) is 71.7. The molecule has 18 rings (SSSR count). The number of benzene rings is 6. The minimum absolute atomic E-state index is 0. The third kappa shape index (κ3) is 17.0. The predicted molar refractivity (Wildman–Crippen MR) is 489 cm³/mol. The number of nitrogens with zero attached hydrogens (tertiary/aromatic N) is 8. The number of aryl methyl sites for hydroxylation is 6. The van der Waals surface area contributed by atoms with Crippen LogP contribution < -0.4 is 19.9 Å². The van der Waals surface area contributed by atoms with Crippen molar-refractivity contribution in [2.24, 2.45) is 0 Å². The van der Waals surface area contributed by atoms with Gasteiger partial charge in [-0.25, -0.2) is 19.9 Å². The Morgan fingerprint density at radius 1 is 0.218 bits per heavy atom. The van der Waals surface area contributed by atoms with Gasteiger partial charge < -0.3 is 19.9 Å². The van der Waals surface area contributed by atoms with Crippen LogP contribution in [0, 0.1) is 105 Å². The average molecular weight is 1690 g/mol. The van der Waals surface area contributed by atoms with Gasteiger partial charge in [0.1, 0.15) is 0 Å². The fraction of sp³-hybridized carbons (Fsp3) is 0.204. The number of hydrogen-bond acceptors (Lipinski definition) is 4. The minimum atomic E-state index is 0. The summed E-state index contributed by atoms with van der Waals surface area (Å²) >= 11 is 0. The molecule has 8 nitrogen and oxygen atoms in total. The fourth-order valence-corrected chi connectivity index (χ4v) is 17.2. The van der Waals surface area contributed by atoms with Crippen LogP contribution in [-0.4, -0.2) is 19.9 Å². The standard InChI is InChI=1S/2C54H49N4.Fe.2Zn/c2*1-32-30-33(2)48(34(3)31-32)52-46-28-26-44(57-46)50(36-14-18-38(19-15-36)53(4,5)6)42-24-22-40(55-42)49(35-12-10-11-13-35)41-23-25-43(56-41)51(45-27-29-47(52)58-45)37-16-20-39(21-17-37)54(7,8)9;;;/h2*10-31H,1-9H3;;;/q2*-2;3*+2. The van der Waals surface area contributed by atoms with Crippen molar-refractivity contribution in [1.29, 1.82) is 0 Å². The zero-order valence-corrected chi connectivity index (χ0v) is 78.8. The van der Waals surface area contributed by atoms with Gasteiger partial charge in [0.25, 0.3) is 0 Å². The molecular formula is C108H98FeN8Zn2+2. The first kappa shape index (κ1) is 85.7. The average Bonchev–Trinajstić information content (AvgIpc) is 1.62. The van der Waals surface area contributed by atoms with Crippen LogP contribution in [0.4, 0.5) is 0 Å². The first-order chi connectivity index (χ1) is 55.4. The second-order valence-electron chi connectivity index (χ2n) is 35.9. The predicted octanol–water partition coefficient (Wildman–Crippen LogP) is 26.4. The van der Waals surface area contributed by atoms with E-state index in [2.05, 4.69) is 394 Å². The molecule has 12 aromatic rings. The quantitative estimate of drug-likeness (QED) is 0.138. The summed E-state index contributed by atoms with van der Waals surface area (Å²) in [5.74, 6) is 2.15. The van der Waals surface area contributed by atoms with Crippen molar-refractivity contribution in [2.75, 3.05) is 0 Å². The molecule has 10 heterocycles. The molecule has 0 saturated heterocycles. The monoisotopic (exact) mass is 1690 g/mol. The molecule has 6 aliphatic rings. The number of aromatic nitrogens is 8. The van der Waals surface area contributed by atoms with Crippen LogP contribution in [-0.2, 0) is 77.7 Å². The van der Waals surface area contributed by atoms with Gasteiger partial charge in [-0.1, -0.05) is 264 Å². The zero-order chi connectivity index (χ0) is 81.0. The molecule has 0 atom stereocenters. The molecule has 10 radical (unpaired) electrons. The maximum Gasteiger partial charge on any atom is 2.00 e. The molecule has 0 spiro atoms. The molecule has 580 valence electrons. The van der Waals surface area contributed by atoms with Crippen LogP contribution in [0.25, 0.3) is 160 Å². The van der Waals surface area contributed by atoms with E-state index in [-0.39, 0.29) is 77.7 Å². The minimum Gasteiger partial charge on any atom is -0.657 e. The normalized spacial score (nSPS) is 14.1. The van der Waals surface area contributed by atoms with Crippen LogP contribution in [0.1, 0.15) is 195 Å². The van der Waals surface area contributed by atoms with Crippen molar-refractivity contribution >= 4 is 92.7 Å². The van der Waals surface area contributed by atoms with E-state index in [0.717, 1.165) is 179 Å². The van der Waals surface area contributed by atoms with Gasteiger partial charge >= 0.3 is 56.0 Å². The summed E-state index contributed by atoms with van der Waals surface area (Å²) in [6.45, 7) is 40.1. The molecule has 11 heteroatoms. The van der Waals surface area contributed by atoms with Crippen molar-refractivity contribution in [3.63, 3.8) is 0 Å². The number of hydrogen-bond donors (Lipinski definition) is 0. The Morgan fingerprint density at radius 2 is 0.395 bits per heavy atom. The van der Waals surface area contributed by atoms with Gasteiger partial charge in [-0.2, -0.15) is 0 Å². The van der Waals surface area contributed by atoms with E-state index in [9.17, 15) is 0 Å². The van der Waals surface area contributed by atoms with Crippen LogP contribution in [0.15, 0.2) is 170 Å². The summed E-state index contributed by atoms with van der Waals surface area (Å²) in [7, 11) is 0. The Kier molecular flexibility index (Phi) is 24.3. The van der Waals surface area contributed by atoms with E-state index >= 15 is 0 Å². The molecule has 2 aliphatic carbocycles. The maximum absolute atomic E-state index is 5.51. The van der Waals surface area contributed by atoms with Crippen LogP contribution >= 0.6 is 0 Å². The van der Waals surface area contributed by atoms with Gasteiger partial charge in [-0.15, -0.1) is 44.1 Å². The summed E-state index contributed by atoms with van der Waals surface area (Å²) in [5.41, 5.74) is 41.0. The third-order valence-electron chi connectivity index (χ3n) is 23.1. The largest absolute Gasteiger partial charge is 2.00 e.